The quantitative estimate of drug-likeness (QED) is 0.636. The molecule has 0 aliphatic carbocycles. The number of hydrogen-bond acceptors (Lipinski definition) is 3. The molecule has 1 amide bonds. The number of nitrogens with two attached hydrogens (primary N) is 1. The van der Waals surface area contributed by atoms with Gasteiger partial charge in [0.2, 0.25) is 5.91 Å². The van der Waals surface area contributed by atoms with E-state index < -0.39 is 0 Å². The molecule has 4 nitrogen and oxygen atoms in total. The number of rotatable bonds is 6. The van der Waals surface area contributed by atoms with Crippen molar-refractivity contribution in [2.45, 2.75) is 6.42 Å². The van der Waals surface area contributed by atoms with Crippen molar-refractivity contribution in [1.82, 2.24) is 0 Å². The van der Waals surface area contributed by atoms with Crippen LogP contribution in [0.15, 0.2) is 48.5 Å². The molecule has 0 spiro atoms. The minimum atomic E-state index is -0.232. The molecular formula is C16H17ClN2O2. The van der Waals surface area contributed by atoms with Crippen molar-refractivity contribution < 1.29 is 9.53 Å². The van der Waals surface area contributed by atoms with Crippen LogP contribution in [0.2, 0.25) is 5.02 Å². The van der Waals surface area contributed by atoms with Crippen LogP contribution in [0, 0.1) is 0 Å². The van der Waals surface area contributed by atoms with E-state index in [1.807, 2.05) is 24.3 Å². The summed E-state index contributed by atoms with van der Waals surface area (Å²) in [6.07, 6.45) is 0.673. The summed E-state index contributed by atoms with van der Waals surface area (Å²) in [4.78, 5) is 11.7. The highest BCUT2D eigenvalue weighted by Crippen LogP contribution is 2.20. The Kier molecular flexibility index (Phi) is 5.60. The molecule has 110 valence electrons. The smallest absolute Gasteiger partial charge is 0.250 e. The monoisotopic (exact) mass is 304 g/mol. The van der Waals surface area contributed by atoms with Gasteiger partial charge in [0.25, 0.3) is 0 Å². The van der Waals surface area contributed by atoms with Gasteiger partial charge < -0.3 is 15.8 Å². The van der Waals surface area contributed by atoms with Crippen molar-refractivity contribution in [2.75, 3.05) is 24.3 Å². The van der Waals surface area contributed by atoms with Crippen LogP contribution in [0.5, 0.6) is 0 Å². The van der Waals surface area contributed by atoms with Crippen molar-refractivity contribution in [3.05, 3.63) is 59.1 Å². The molecule has 3 N–H and O–H groups in total. The number of anilines is 2. The van der Waals surface area contributed by atoms with Gasteiger partial charge in [-0.3, -0.25) is 4.79 Å². The number of amides is 1. The fraction of sp³-hybridized carbons (Fsp3) is 0.188. The summed E-state index contributed by atoms with van der Waals surface area (Å²) in [7, 11) is 0. The summed E-state index contributed by atoms with van der Waals surface area (Å²) in [5.74, 6) is -0.232. The maximum Gasteiger partial charge on any atom is 0.250 e. The number of ether oxygens (including phenoxy) is 1. The maximum absolute atomic E-state index is 11.7. The first-order valence-corrected chi connectivity index (χ1v) is 7.00. The van der Waals surface area contributed by atoms with Crippen LogP contribution in [0.3, 0.4) is 0 Å². The van der Waals surface area contributed by atoms with E-state index in [2.05, 4.69) is 5.32 Å². The van der Waals surface area contributed by atoms with E-state index in [9.17, 15) is 4.79 Å². The SMILES string of the molecule is Nc1ccccc1CCOCC(=O)Nc1ccccc1Cl. The molecule has 0 unspecified atom stereocenters. The zero-order valence-corrected chi connectivity index (χ0v) is 12.3. The lowest BCUT2D eigenvalue weighted by Crippen LogP contribution is -2.19. The van der Waals surface area contributed by atoms with E-state index in [-0.39, 0.29) is 12.5 Å². The average molecular weight is 305 g/mol. The molecule has 0 aliphatic rings. The molecule has 0 fully saturated rings. The maximum atomic E-state index is 11.7. The standard InChI is InChI=1S/C16H17ClN2O2/c17-13-6-2-4-8-15(13)19-16(20)11-21-10-9-12-5-1-3-7-14(12)18/h1-8H,9-11,18H2,(H,19,20). The molecule has 0 atom stereocenters. The summed E-state index contributed by atoms with van der Waals surface area (Å²) in [5.41, 5.74) is 8.17. The number of hydrogen-bond donors (Lipinski definition) is 2. The first-order chi connectivity index (χ1) is 10.2. The van der Waals surface area contributed by atoms with Crippen molar-refractivity contribution in [1.29, 1.82) is 0 Å². The summed E-state index contributed by atoms with van der Waals surface area (Å²) in [5, 5.41) is 3.20. The van der Waals surface area contributed by atoms with Crippen LogP contribution < -0.4 is 11.1 Å². The number of halogens is 1. The number of carbonyl (C=O) groups is 1. The summed E-state index contributed by atoms with van der Waals surface area (Å²) >= 11 is 5.96. The first kappa shape index (κ1) is 15.4. The predicted molar refractivity (Wildman–Crippen MR) is 85.5 cm³/mol. The van der Waals surface area contributed by atoms with Gasteiger partial charge in [-0.15, -0.1) is 0 Å². The number of nitrogens with one attached hydrogen (secondary N) is 1. The molecule has 5 heteroatoms. The molecule has 21 heavy (non-hydrogen) atoms. The number of para-hydroxylation sites is 2. The van der Waals surface area contributed by atoms with Crippen LogP contribution in [-0.2, 0) is 16.0 Å². The molecule has 0 bridgehead atoms. The van der Waals surface area contributed by atoms with E-state index in [0.717, 1.165) is 11.3 Å². The van der Waals surface area contributed by atoms with Crippen LogP contribution in [0.4, 0.5) is 11.4 Å². The predicted octanol–water partition coefficient (Wildman–Crippen LogP) is 3.12. The van der Waals surface area contributed by atoms with Crippen LogP contribution in [0.1, 0.15) is 5.56 Å². The van der Waals surface area contributed by atoms with E-state index in [4.69, 9.17) is 22.1 Å². The van der Waals surface area contributed by atoms with Crippen molar-refractivity contribution in [3.8, 4) is 0 Å². The van der Waals surface area contributed by atoms with Gasteiger partial charge >= 0.3 is 0 Å². The van der Waals surface area contributed by atoms with Gasteiger partial charge in [-0.2, -0.15) is 0 Å². The topological polar surface area (TPSA) is 64.3 Å². The number of nitrogen functional groups attached to an aromatic ring is 1. The average Bonchev–Trinajstić information content (AvgIpc) is 2.48. The first-order valence-electron chi connectivity index (χ1n) is 6.62. The van der Waals surface area contributed by atoms with Crippen LogP contribution >= 0.6 is 11.6 Å². The van der Waals surface area contributed by atoms with Gasteiger partial charge in [0.15, 0.2) is 0 Å². The van der Waals surface area contributed by atoms with Gasteiger partial charge in [0, 0.05) is 5.69 Å². The fourth-order valence-corrected chi connectivity index (χ4v) is 2.04. The van der Waals surface area contributed by atoms with E-state index in [0.29, 0.717) is 23.7 Å². The number of carbonyl (C=O) groups excluding carboxylic acids is 1. The molecule has 0 aromatic heterocycles. The summed E-state index contributed by atoms with van der Waals surface area (Å²) in [6.45, 7) is 0.419. The Morgan fingerprint density at radius 2 is 1.86 bits per heavy atom. The highest BCUT2D eigenvalue weighted by atomic mass is 35.5. The summed E-state index contributed by atoms with van der Waals surface area (Å²) < 4.78 is 5.36. The second-order valence-electron chi connectivity index (χ2n) is 4.53. The largest absolute Gasteiger partial charge is 0.399 e. The van der Waals surface area contributed by atoms with Gasteiger partial charge in [-0.25, -0.2) is 0 Å². The second kappa shape index (κ2) is 7.67. The molecule has 0 saturated heterocycles. The van der Waals surface area contributed by atoms with Gasteiger partial charge in [0.05, 0.1) is 17.3 Å². The van der Waals surface area contributed by atoms with Gasteiger partial charge in [0.1, 0.15) is 6.61 Å². The third kappa shape index (κ3) is 4.77. The third-order valence-corrected chi connectivity index (χ3v) is 3.28. The van der Waals surface area contributed by atoms with Crippen molar-refractivity contribution in [3.63, 3.8) is 0 Å². The summed E-state index contributed by atoms with van der Waals surface area (Å²) in [6, 6.07) is 14.7. The normalized spacial score (nSPS) is 10.3. The molecule has 0 aliphatic heterocycles. The van der Waals surface area contributed by atoms with Crippen molar-refractivity contribution in [2.24, 2.45) is 0 Å². The van der Waals surface area contributed by atoms with Crippen LogP contribution in [-0.4, -0.2) is 19.1 Å². The van der Waals surface area contributed by atoms with E-state index in [1.54, 1.807) is 24.3 Å². The molecule has 0 radical (unpaired) electrons. The molecule has 0 saturated carbocycles. The minimum Gasteiger partial charge on any atom is -0.399 e. The molecular weight excluding hydrogens is 288 g/mol. The van der Waals surface area contributed by atoms with E-state index in [1.165, 1.54) is 0 Å². The van der Waals surface area contributed by atoms with Gasteiger partial charge in [-0.05, 0) is 30.2 Å². The molecule has 0 heterocycles. The molecule has 2 aromatic rings. The number of benzene rings is 2. The minimum absolute atomic E-state index is 0.0159. The zero-order valence-electron chi connectivity index (χ0n) is 11.5. The van der Waals surface area contributed by atoms with E-state index >= 15 is 0 Å². The Labute approximate surface area is 128 Å². The Balaban J connectivity index is 1.73. The lowest BCUT2D eigenvalue weighted by atomic mass is 10.1. The van der Waals surface area contributed by atoms with Crippen molar-refractivity contribution >= 4 is 28.9 Å². The lowest BCUT2D eigenvalue weighted by Gasteiger charge is -2.08. The second-order valence-corrected chi connectivity index (χ2v) is 4.94. The van der Waals surface area contributed by atoms with Gasteiger partial charge in [-0.1, -0.05) is 41.9 Å². The Hall–Kier alpha value is -2.04. The highest BCUT2D eigenvalue weighted by molar-refractivity contribution is 6.33. The molecule has 2 aromatic carbocycles. The Morgan fingerprint density at radius 3 is 2.62 bits per heavy atom. The zero-order chi connectivity index (χ0) is 15.1. The van der Waals surface area contributed by atoms with Crippen LogP contribution in [0.25, 0.3) is 0 Å². The molecule has 2 rings (SSSR count). The fourth-order valence-electron chi connectivity index (χ4n) is 1.86. The lowest BCUT2D eigenvalue weighted by molar-refractivity contribution is -0.120. The Bertz CT molecular complexity index is 617. The third-order valence-electron chi connectivity index (χ3n) is 2.95. The Morgan fingerprint density at radius 1 is 1.14 bits per heavy atom. The highest BCUT2D eigenvalue weighted by Gasteiger charge is 2.05.